The minimum absolute atomic E-state index is 0.0643. The first-order chi connectivity index (χ1) is 8.07. The Morgan fingerprint density at radius 1 is 1.47 bits per heavy atom. The summed E-state index contributed by atoms with van der Waals surface area (Å²) >= 11 is 0. The van der Waals surface area contributed by atoms with Crippen LogP contribution in [-0.2, 0) is 10.0 Å². The first-order valence-corrected chi connectivity index (χ1v) is 6.83. The highest BCUT2D eigenvalue weighted by atomic mass is 32.2. The van der Waals surface area contributed by atoms with Gasteiger partial charge in [-0.1, -0.05) is 13.0 Å². The molecule has 92 valence electrons. The van der Waals surface area contributed by atoms with Crippen LogP contribution in [0.25, 0.3) is 0 Å². The lowest BCUT2D eigenvalue weighted by molar-refractivity contribution is 0.368. The predicted octanol–water partition coefficient (Wildman–Crippen LogP) is 1.74. The lowest BCUT2D eigenvalue weighted by Gasteiger charge is -2.08. The number of nitriles is 1. The van der Waals surface area contributed by atoms with Crippen molar-refractivity contribution in [1.82, 2.24) is 0 Å². The van der Waals surface area contributed by atoms with Crippen molar-refractivity contribution in [2.75, 3.05) is 17.1 Å². The Morgan fingerprint density at radius 3 is 2.88 bits per heavy atom. The molecule has 0 saturated carbocycles. The molecule has 6 heteroatoms. The Balaban J connectivity index is 2.76. The zero-order chi connectivity index (χ0) is 12.7. The maximum atomic E-state index is 11.5. The molecule has 0 fully saturated rings. The summed E-state index contributed by atoms with van der Waals surface area (Å²) in [5.41, 5.74) is 0.439. The number of nitrogens with zero attached hydrogens (tertiary/aromatic N) is 1. The smallest absolute Gasteiger partial charge is 0.232 e. The highest BCUT2D eigenvalue weighted by Gasteiger charge is 2.08. The van der Waals surface area contributed by atoms with Gasteiger partial charge in [0.2, 0.25) is 10.0 Å². The quantitative estimate of drug-likeness (QED) is 0.838. The van der Waals surface area contributed by atoms with Gasteiger partial charge in [0.05, 0.1) is 11.4 Å². The zero-order valence-electron chi connectivity index (χ0n) is 9.51. The number of anilines is 1. The van der Waals surface area contributed by atoms with Crippen molar-refractivity contribution >= 4 is 15.7 Å². The molecule has 0 aliphatic heterocycles. The number of sulfonamides is 1. The Hall–Kier alpha value is -1.74. The molecule has 0 radical (unpaired) electrons. The van der Waals surface area contributed by atoms with Crippen molar-refractivity contribution < 1.29 is 13.2 Å². The minimum atomic E-state index is -3.29. The van der Waals surface area contributed by atoms with Crippen molar-refractivity contribution in [3.05, 3.63) is 24.3 Å². The van der Waals surface area contributed by atoms with Crippen LogP contribution in [0, 0.1) is 11.3 Å². The van der Waals surface area contributed by atoms with Gasteiger partial charge in [0.1, 0.15) is 11.8 Å². The first-order valence-electron chi connectivity index (χ1n) is 5.17. The van der Waals surface area contributed by atoms with Gasteiger partial charge in [0.25, 0.3) is 0 Å². The second-order valence-corrected chi connectivity index (χ2v) is 5.24. The van der Waals surface area contributed by atoms with Crippen molar-refractivity contribution in [2.24, 2.45) is 0 Å². The summed E-state index contributed by atoms with van der Waals surface area (Å²) in [6.45, 7) is 1.73. The lowest BCUT2D eigenvalue weighted by atomic mass is 10.3. The Morgan fingerprint density at radius 2 is 2.24 bits per heavy atom. The van der Waals surface area contributed by atoms with Crippen LogP contribution in [0.1, 0.15) is 13.3 Å². The third-order valence-corrected chi connectivity index (χ3v) is 3.38. The number of rotatable bonds is 6. The maximum Gasteiger partial charge on any atom is 0.232 e. The lowest BCUT2D eigenvalue weighted by Crippen LogP contribution is -2.16. The second kappa shape index (κ2) is 6.11. The van der Waals surface area contributed by atoms with E-state index in [1.807, 2.05) is 6.07 Å². The summed E-state index contributed by atoms with van der Waals surface area (Å²) in [6.07, 6.45) is 0.556. The molecule has 0 saturated heterocycles. The van der Waals surface area contributed by atoms with E-state index >= 15 is 0 Å². The Bertz CT molecular complexity index is 506. The fourth-order valence-corrected chi connectivity index (χ4v) is 2.39. The summed E-state index contributed by atoms with van der Waals surface area (Å²) in [6, 6.07) is 8.35. The molecule has 17 heavy (non-hydrogen) atoms. The summed E-state index contributed by atoms with van der Waals surface area (Å²) in [5.74, 6) is 0.541. The fraction of sp³-hybridized carbons (Fsp3) is 0.364. The highest BCUT2D eigenvalue weighted by Crippen LogP contribution is 2.18. The van der Waals surface area contributed by atoms with Crippen LogP contribution in [0.2, 0.25) is 0 Å². The molecule has 0 heterocycles. The monoisotopic (exact) mass is 254 g/mol. The number of ether oxygens (including phenoxy) is 1. The first kappa shape index (κ1) is 13.3. The van der Waals surface area contributed by atoms with Crippen LogP contribution in [0.3, 0.4) is 0 Å². The van der Waals surface area contributed by atoms with Crippen LogP contribution in [0.5, 0.6) is 5.75 Å². The molecule has 0 unspecified atom stereocenters. The average molecular weight is 254 g/mol. The van der Waals surface area contributed by atoms with E-state index in [0.29, 0.717) is 17.9 Å². The molecule has 0 amide bonds. The van der Waals surface area contributed by atoms with E-state index in [-0.39, 0.29) is 12.4 Å². The molecule has 0 aliphatic rings. The van der Waals surface area contributed by atoms with Crippen LogP contribution in [-0.4, -0.2) is 20.8 Å². The largest absolute Gasteiger partial charge is 0.479 e. The van der Waals surface area contributed by atoms with Gasteiger partial charge in [0.15, 0.2) is 6.61 Å². The molecule has 0 aromatic heterocycles. The molecule has 1 aromatic carbocycles. The van der Waals surface area contributed by atoms with E-state index in [0.717, 1.165) is 0 Å². The van der Waals surface area contributed by atoms with Crippen LogP contribution in [0.15, 0.2) is 24.3 Å². The van der Waals surface area contributed by atoms with Gasteiger partial charge < -0.3 is 4.74 Å². The molecular formula is C11H14N2O3S. The summed E-state index contributed by atoms with van der Waals surface area (Å²) in [4.78, 5) is 0. The molecule has 5 nitrogen and oxygen atoms in total. The maximum absolute atomic E-state index is 11.5. The molecule has 0 bridgehead atoms. The van der Waals surface area contributed by atoms with Crippen LogP contribution < -0.4 is 9.46 Å². The number of nitrogens with one attached hydrogen (secondary N) is 1. The Labute approximate surface area is 101 Å². The van der Waals surface area contributed by atoms with Gasteiger partial charge in [-0.15, -0.1) is 0 Å². The third kappa shape index (κ3) is 4.74. The number of hydrogen-bond acceptors (Lipinski definition) is 4. The molecule has 0 spiro atoms. The molecule has 1 rings (SSSR count). The van der Waals surface area contributed by atoms with Gasteiger partial charge in [0, 0.05) is 6.07 Å². The molecular weight excluding hydrogens is 240 g/mol. The fourth-order valence-electron chi connectivity index (χ4n) is 1.26. The van der Waals surface area contributed by atoms with E-state index in [9.17, 15) is 8.42 Å². The van der Waals surface area contributed by atoms with E-state index < -0.39 is 10.0 Å². The van der Waals surface area contributed by atoms with E-state index in [1.165, 1.54) is 0 Å². The van der Waals surface area contributed by atoms with Gasteiger partial charge in [-0.25, -0.2) is 8.42 Å². The van der Waals surface area contributed by atoms with Crippen LogP contribution in [0.4, 0.5) is 5.69 Å². The van der Waals surface area contributed by atoms with Gasteiger partial charge in [-0.05, 0) is 18.6 Å². The molecule has 1 aromatic rings. The molecule has 0 atom stereocenters. The molecule has 0 aliphatic carbocycles. The third-order valence-electron chi connectivity index (χ3n) is 1.88. The minimum Gasteiger partial charge on any atom is -0.479 e. The average Bonchev–Trinajstić information content (AvgIpc) is 2.26. The SMILES string of the molecule is CCCS(=O)(=O)Nc1cccc(OCC#N)c1. The summed E-state index contributed by atoms with van der Waals surface area (Å²) in [7, 11) is -3.29. The summed E-state index contributed by atoms with van der Waals surface area (Å²) in [5, 5.41) is 8.37. The number of hydrogen-bond donors (Lipinski definition) is 1. The van der Waals surface area contributed by atoms with Gasteiger partial charge >= 0.3 is 0 Å². The predicted molar refractivity (Wildman–Crippen MR) is 65.3 cm³/mol. The van der Waals surface area contributed by atoms with Crippen molar-refractivity contribution in [3.63, 3.8) is 0 Å². The highest BCUT2D eigenvalue weighted by molar-refractivity contribution is 7.92. The molecule has 1 N–H and O–H groups in total. The van der Waals surface area contributed by atoms with E-state index in [2.05, 4.69) is 4.72 Å². The topological polar surface area (TPSA) is 79.2 Å². The summed E-state index contributed by atoms with van der Waals surface area (Å²) < 4.78 is 30.6. The van der Waals surface area contributed by atoms with E-state index in [4.69, 9.17) is 10.00 Å². The van der Waals surface area contributed by atoms with Crippen molar-refractivity contribution in [1.29, 1.82) is 5.26 Å². The van der Waals surface area contributed by atoms with Crippen LogP contribution >= 0.6 is 0 Å². The van der Waals surface area contributed by atoms with E-state index in [1.54, 1.807) is 31.2 Å². The number of benzene rings is 1. The van der Waals surface area contributed by atoms with Crippen molar-refractivity contribution in [2.45, 2.75) is 13.3 Å². The van der Waals surface area contributed by atoms with Gasteiger partial charge in [-0.2, -0.15) is 5.26 Å². The normalized spacial score (nSPS) is 10.6. The standard InChI is InChI=1S/C11H14N2O3S/c1-2-8-17(14,15)13-10-4-3-5-11(9-10)16-7-6-12/h3-5,9,13H,2,7-8H2,1H3. The second-order valence-electron chi connectivity index (χ2n) is 3.40. The van der Waals surface area contributed by atoms with Crippen molar-refractivity contribution in [3.8, 4) is 11.8 Å². The van der Waals surface area contributed by atoms with Gasteiger partial charge in [-0.3, -0.25) is 4.72 Å². The Kier molecular flexibility index (Phi) is 4.79. The zero-order valence-corrected chi connectivity index (χ0v) is 10.3.